The largest absolute Gasteiger partial charge is 0.0956 e. The van der Waals surface area contributed by atoms with Gasteiger partial charge < -0.3 is 0 Å². The van der Waals surface area contributed by atoms with Gasteiger partial charge >= 0.3 is 0 Å². The monoisotopic (exact) mass is 318 g/mol. The molecule has 0 radical (unpaired) electrons. The summed E-state index contributed by atoms with van der Waals surface area (Å²) in [5.74, 6) is 0.756. The Bertz CT molecular complexity index is 356. The summed E-state index contributed by atoms with van der Waals surface area (Å²) in [7, 11) is 0. The predicted octanol–water partition coefficient (Wildman–Crippen LogP) is 8.40. The van der Waals surface area contributed by atoms with Gasteiger partial charge in [0.2, 0.25) is 0 Å². The van der Waals surface area contributed by atoms with Crippen LogP contribution in [0.1, 0.15) is 105 Å². The van der Waals surface area contributed by atoms with E-state index in [-0.39, 0.29) is 0 Å². The number of rotatable bonds is 14. The van der Waals surface area contributed by atoms with Crippen molar-refractivity contribution in [1.29, 1.82) is 0 Å². The minimum atomic E-state index is 0.756. The Kier molecular flexibility index (Phi) is 14.3. The lowest BCUT2D eigenvalue weighted by atomic mass is 9.87. The zero-order valence-corrected chi connectivity index (χ0v) is 16.7. The molecule has 0 aromatic carbocycles. The standard InChI is InChI=1S/C23H42/c1-7-10-12-13-14-15-16-22(6)23(17-11-8-2)19-18-21(5)20(4)9-3/h9,16,23H,5,7-8,10-15,17-19H2,1-4,6H3. The summed E-state index contributed by atoms with van der Waals surface area (Å²) in [6.07, 6.45) is 19.3. The quantitative estimate of drug-likeness (QED) is 0.171. The summed E-state index contributed by atoms with van der Waals surface area (Å²) in [6, 6.07) is 0. The Morgan fingerprint density at radius 3 is 2.17 bits per heavy atom. The van der Waals surface area contributed by atoms with Crippen LogP contribution in [0, 0.1) is 5.92 Å². The van der Waals surface area contributed by atoms with Gasteiger partial charge in [0.15, 0.2) is 0 Å². The lowest BCUT2D eigenvalue weighted by molar-refractivity contribution is 0.492. The van der Waals surface area contributed by atoms with Crippen LogP contribution >= 0.6 is 0 Å². The van der Waals surface area contributed by atoms with Gasteiger partial charge in [0.1, 0.15) is 0 Å². The van der Waals surface area contributed by atoms with Crippen LogP contribution in [-0.4, -0.2) is 0 Å². The third-order valence-corrected chi connectivity index (χ3v) is 5.11. The van der Waals surface area contributed by atoms with Crippen molar-refractivity contribution in [2.45, 2.75) is 105 Å². The molecule has 0 nitrogen and oxygen atoms in total. The van der Waals surface area contributed by atoms with Gasteiger partial charge in [-0.3, -0.25) is 0 Å². The molecule has 0 heterocycles. The van der Waals surface area contributed by atoms with Gasteiger partial charge in [0.05, 0.1) is 0 Å². The van der Waals surface area contributed by atoms with Crippen molar-refractivity contribution < 1.29 is 0 Å². The molecule has 0 saturated heterocycles. The fourth-order valence-corrected chi connectivity index (χ4v) is 3.04. The molecule has 134 valence electrons. The molecule has 0 fully saturated rings. The third-order valence-electron chi connectivity index (χ3n) is 5.11. The lowest BCUT2D eigenvalue weighted by Gasteiger charge is -2.19. The average Bonchev–Trinajstić information content (AvgIpc) is 2.56. The second-order valence-electron chi connectivity index (χ2n) is 7.10. The molecule has 0 aliphatic rings. The maximum Gasteiger partial charge on any atom is -0.0203 e. The molecule has 0 aliphatic heterocycles. The summed E-state index contributed by atoms with van der Waals surface area (Å²) >= 11 is 0. The van der Waals surface area contributed by atoms with Crippen LogP contribution < -0.4 is 0 Å². The zero-order chi connectivity index (χ0) is 17.5. The molecule has 0 saturated carbocycles. The number of hydrogen-bond donors (Lipinski definition) is 0. The van der Waals surface area contributed by atoms with Crippen molar-refractivity contribution in [2.75, 3.05) is 0 Å². The van der Waals surface area contributed by atoms with Gasteiger partial charge in [0, 0.05) is 0 Å². The van der Waals surface area contributed by atoms with Gasteiger partial charge in [-0.05, 0) is 58.8 Å². The third kappa shape index (κ3) is 11.4. The predicted molar refractivity (Wildman–Crippen MR) is 108 cm³/mol. The van der Waals surface area contributed by atoms with Gasteiger partial charge in [0.25, 0.3) is 0 Å². The van der Waals surface area contributed by atoms with E-state index in [2.05, 4.69) is 53.3 Å². The van der Waals surface area contributed by atoms with Crippen molar-refractivity contribution in [3.63, 3.8) is 0 Å². The van der Waals surface area contributed by atoms with Crippen molar-refractivity contribution in [3.8, 4) is 0 Å². The molecule has 0 amide bonds. The van der Waals surface area contributed by atoms with E-state index in [1.807, 2.05) is 0 Å². The van der Waals surface area contributed by atoms with Gasteiger partial charge in [-0.2, -0.15) is 0 Å². The summed E-state index contributed by atoms with van der Waals surface area (Å²) in [5.41, 5.74) is 4.30. The van der Waals surface area contributed by atoms with Gasteiger partial charge in [-0.1, -0.05) is 87.8 Å². The minimum Gasteiger partial charge on any atom is -0.0956 e. The first-order chi connectivity index (χ1) is 11.1. The van der Waals surface area contributed by atoms with E-state index in [0.717, 1.165) is 12.3 Å². The lowest BCUT2D eigenvalue weighted by Crippen LogP contribution is -2.04. The summed E-state index contributed by atoms with van der Waals surface area (Å²) in [5, 5.41) is 0. The molecule has 0 rings (SSSR count). The molecule has 1 unspecified atom stereocenters. The van der Waals surface area contributed by atoms with Crippen molar-refractivity contribution in [3.05, 3.63) is 35.5 Å². The molecule has 0 heteroatoms. The smallest absolute Gasteiger partial charge is 0.0203 e. The topological polar surface area (TPSA) is 0 Å². The first kappa shape index (κ1) is 22.2. The Morgan fingerprint density at radius 1 is 0.913 bits per heavy atom. The first-order valence-corrected chi connectivity index (χ1v) is 10.0. The normalized spacial score (nSPS) is 14.1. The molecule has 0 spiro atoms. The van der Waals surface area contributed by atoms with Gasteiger partial charge in [-0.25, -0.2) is 0 Å². The van der Waals surface area contributed by atoms with Crippen LogP contribution in [0.5, 0.6) is 0 Å². The molecule has 0 aliphatic carbocycles. The first-order valence-electron chi connectivity index (χ1n) is 10.0. The number of hydrogen-bond acceptors (Lipinski definition) is 0. The Balaban J connectivity index is 4.35. The van der Waals surface area contributed by atoms with E-state index in [1.165, 1.54) is 75.4 Å². The molecule has 1 atom stereocenters. The SMILES string of the molecule is C=C(CCC(CCCC)C(C)=CCCCCCCC)C(C)=CC. The molecule has 0 bridgehead atoms. The van der Waals surface area contributed by atoms with E-state index >= 15 is 0 Å². The summed E-state index contributed by atoms with van der Waals surface area (Å²) < 4.78 is 0. The number of unbranched alkanes of at least 4 members (excludes halogenated alkanes) is 6. The zero-order valence-electron chi connectivity index (χ0n) is 16.7. The van der Waals surface area contributed by atoms with Crippen LogP contribution in [0.15, 0.2) is 35.5 Å². The van der Waals surface area contributed by atoms with Crippen molar-refractivity contribution in [1.82, 2.24) is 0 Å². The second-order valence-corrected chi connectivity index (χ2v) is 7.10. The average molecular weight is 319 g/mol. The molecular formula is C23H42. The highest BCUT2D eigenvalue weighted by atomic mass is 14.2. The molecular weight excluding hydrogens is 276 g/mol. The Hall–Kier alpha value is -0.780. The molecule has 0 N–H and O–H groups in total. The van der Waals surface area contributed by atoms with Crippen molar-refractivity contribution >= 4 is 0 Å². The van der Waals surface area contributed by atoms with Crippen LogP contribution in [0.2, 0.25) is 0 Å². The molecule has 0 aromatic rings. The Labute approximate surface area is 147 Å². The fourth-order valence-electron chi connectivity index (χ4n) is 3.04. The minimum absolute atomic E-state index is 0.756. The number of allylic oxidation sites excluding steroid dienone is 5. The summed E-state index contributed by atoms with van der Waals surface area (Å²) in [4.78, 5) is 0. The van der Waals surface area contributed by atoms with E-state index in [0.29, 0.717) is 0 Å². The second kappa shape index (κ2) is 14.8. The van der Waals surface area contributed by atoms with E-state index in [1.54, 1.807) is 5.57 Å². The molecule has 0 aromatic heterocycles. The highest BCUT2D eigenvalue weighted by Crippen LogP contribution is 2.27. The Morgan fingerprint density at radius 2 is 1.57 bits per heavy atom. The molecule has 23 heavy (non-hydrogen) atoms. The maximum absolute atomic E-state index is 4.25. The van der Waals surface area contributed by atoms with Crippen LogP contribution in [0.25, 0.3) is 0 Å². The maximum atomic E-state index is 4.25. The fraction of sp³-hybridized carbons (Fsp3) is 0.739. The van der Waals surface area contributed by atoms with Crippen LogP contribution in [-0.2, 0) is 0 Å². The van der Waals surface area contributed by atoms with Crippen LogP contribution in [0.3, 0.4) is 0 Å². The van der Waals surface area contributed by atoms with E-state index in [9.17, 15) is 0 Å². The van der Waals surface area contributed by atoms with E-state index in [4.69, 9.17) is 0 Å². The van der Waals surface area contributed by atoms with Crippen LogP contribution in [0.4, 0.5) is 0 Å². The summed E-state index contributed by atoms with van der Waals surface area (Å²) in [6.45, 7) is 15.5. The highest BCUT2D eigenvalue weighted by molar-refractivity contribution is 5.25. The highest BCUT2D eigenvalue weighted by Gasteiger charge is 2.11. The van der Waals surface area contributed by atoms with Gasteiger partial charge in [-0.15, -0.1) is 0 Å². The van der Waals surface area contributed by atoms with Crippen molar-refractivity contribution in [2.24, 2.45) is 5.92 Å². The van der Waals surface area contributed by atoms with E-state index < -0.39 is 0 Å².